The van der Waals surface area contributed by atoms with Crippen LogP contribution >= 0.6 is 0 Å². The quantitative estimate of drug-likeness (QED) is 0.321. The Labute approximate surface area is 212 Å². The first-order valence-electron chi connectivity index (χ1n) is 12.7. The molecule has 1 unspecified atom stereocenters. The lowest BCUT2D eigenvalue weighted by atomic mass is 9.93. The molecule has 6 nitrogen and oxygen atoms in total. The van der Waals surface area contributed by atoms with Gasteiger partial charge in [-0.2, -0.15) is 0 Å². The number of carbonyl (C=O) groups is 1. The molecule has 0 aliphatic heterocycles. The Morgan fingerprint density at radius 3 is 2.14 bits per heavy atom. The van der Waals surface area contributed by atoms with Crippen molar-refractivity contribution in [2.75, 3.05) is 54.6 Å². The number of carbonyl (C=O) groups excluding carboxylic acids is 1. The molecule has 0 aliphatic carbocycles. The third-order valence-corrected chi connectivity index (χ3v) is 6.43. The zero-order valence-corrected chi connectivity index (χ0v) is 22.7. The van der Waals surface area contributed by atoms with Crippen LogP contribution in [0.1, 0.15) is 66.9 Å². The van der Waals surface area contributed by atoms with Gasteiger partial charge in [-0.1, -0.05) is 50.1 Å². The van der Waals surface area contributed by atoms with Crippen LogP contribution < -0.4 is 14.2 Å². The van der Waals surface area contributed by atoms with Crippen LogP contribution in [0.4, 0.5) is 0 Å². The largest absolute Gasteiger partial charge is 0.493 e. The van der Waals surface area contributed by atoms with Crippen molar-refractivity contribution in [2.24, 2.45) is 0 Å². The maximum Gasteiger partial charge on any atom is 0.253 e. The number of nitrogens with zero attached hydrogens (tertiary/aromatic N) is 2. The van der Waals surface area contributed by atoms with Gasteiger partial charge in [0.25, 0.3) is 5.91 Å². The van der Waals surface area contributed by atoms with Gasteiger partial charge in [-0.15, -0.1) is 0 Å². The number of benzene rings is 2. The van der Waals surface area contributed by atoms with Crippen LogP contribution in [0.5, 0.6) is 17.2 Å². The second kappa shape index (κ2) is 14.6. The molecule has 0 fully saturated rings. The fourth-order valence-corrected chi connectivity index (χ4v) is 4.50. The highest BCUT2D eigenvalue weighted by atomic mass is 16.5. The fraction of sp³-hybridized carbons (Fsp3) is 0.552. The first-order valence-corrected chi connectivity index (χ1v) is 12.7. The van der Waals surface area contributed by atoms with Gasteiger partial charge in [-0.3, -0.25) is 4.79 Å². The van der Waals surface area contributed by atoms with Gasteiger partial charge in [0.1, 0.15) is 0 Å². The maximum atomic E-state index is 13.5. The zero-order chi connectivity index (χ0) is 25.8. The summed E-state index contributed by atoms with van der Waals surface area (Å²) in [6.45, 7) is 10.5. The maximum absolute atomic E-state index is 13.5. The van der Waals surface area contributed by atoms with Crippen molar-refractivity contribution in [1.82, 2.24) is 9.80 Å². The number of likely N-dealkylation sites (N-methyl/N-ethyl adjacent to an activating group) is 1. The van der Waals surface area contributed by atoms with Gasteiger partial charge in [0, 0.05) is 25.1 Å². The first kappa shape index (κ1) is 28.5. The van der Waals surface area contributed by atoms with E-state index in [4.69, 9.17) is 14.2 Å². The monoisotopic (exact) mass is 484 g/mol. The Morgan fingerprint density at radius 2 is 1.60 bits per heavy atom. The van der Waals surface area contributed by atoms with Crippen molar-refractivity contribution in [3.8, 4) is 17.2 Å². The van der Waals surface area contributed by atoms with Crippen LogP contribution in [0.2, 0.25) is 0 Å². The lowest BCUT2D eigenvalue weighted by Crippen LogP contribution is -2.33. The van der Waals surface area contributed by atoms with Gasteiger partial charge < -0.3 is 24.0 Å². The summed E-state index contributed by atoms with van der Waals surface area (Å²) >= 11 is 0. The third-order valence-electron chi connectivity index (χ3n) is 6.43. The highest BCUT2D eigenvalue weighted by Crippen LogP contribution is 2.38. The van der Waals surface area contributed by atoms with Gasteiger partial charge in [0.15, 0.2) is 11.5 Å². The van der Waals surface area contributed by atoms with Crippen molar-refractivity contribution < 1.29 is 19.0 Å². The molecule has 2 rings (SSSR count). The number of unbranched alkanes of at least 4 members (excludes halogenated alkanes) is 1. The molecule has 0 radical (unpaired) electrons. The first-order chi connectivity index (χ1) is 16.9. The topological polar surface area (TPSA) is 51.2 Å². The lowest BCUT2D eigenvalue weighted by molar-refractivity contribution is 0.0781. The van der Waals surface area contributed by atoms with E-state index in [1.807, 2.05) is 11.9 Å². The molecule has 0 saturated heterocycles. The van der Waals surface area contributed by atoms with Gasteiger partial charge in [0.05, 0.1) is 21.3 Å². The number of ether oxygens (including phenoxy) is 3. The number of hydrogen-bond donors (Lipinski definition) is 0. The highest BCUT2D eigenvalue weighted by molar-refractivity contribution is 5.95. The summed E-state index contributed by atoms with van der Waals surface area (Å²) in [6.07, 6.45) is 4.57. The van der Waals surface area contributed by atoms with Crippen molar-refractivity contribution >= 4 is 5.91 Å². The van der Waals surface area contributed by atoms with Gasteiger partial charge in [-0.05, 0) is 63.5 Å². The fourth-order valence-electron chi connectivity index (χ4n) is 4.50. The average Bonchev–Trinajstić information content (AvgIpc) is 2.87. The van der Waals surface area contributed by atoms with E-state index in [9.17, 15) is 4.79 Å². The lowest BCUT2D eigenvalue weighted by Gasteiger charge is -2.28. The Morgan fingerprint density at radius 1 is 0.914 bits per heavy atom. The summed E-state index contributed by atoms with van der Waals surface area (Å²) in [5.41, 5.74) is 3.03. The SMILES string of the molecule is CCCCN(CCC)CCC(CN(C)C(=O)c1cc(OC)c(OC)c(OC)c1)c1cccc(C)c1. The van der Waals surface area contributed by atoms with E-state index in [1.54, 1.807) is 33.5 Å². The molecule has 0 aliphatic rings. The van der Waals surface area contributed by atoms with Crippen molar-refractivity contribution in [3.63, 3.8) is 0 Å². The Hall–Kier alpha value is -2.73. The van der Waals surface area contributed by atoms with E-state index in [1.165, 1.54) is 24.0 Å². The zero-order valence-electron chi connectivity index (χ0n) is 22.7. The van der Waals surface area contributed by atoms with Crippen LogP contribution in [-0.2, 0) is 0 Å². The molecule has 0 saturated carbocycles. The predicted octanol–water partition coefficient (Wildman–Crippen LogP) is 5.78. The van der Waals surface area contributed by atoms with E-state index in [0.717, 1.165) is 32.5 Å². The summed E-state index contributed by atoms with van der Waals surface area (Å²) in [4.78, 5) is 17.8. The second-order valence-electron chi connectivity index (χ2n) is 9.19. The van der Waals surface area contributed by atoms with E-state index >= 15 is 0 Å². The molecule has 0 N–H and O–H groups in total. The number of hydrogen-bond acceptors (Lipinski definition) is 5. The molecule has 0 heterocycles. The van der Waals surface area contributed by atoms with Gasteiger partial charge >= 0.3 is 0 Å². The summed E-state index contributed by atoms with van der Waals surface area (Å²) in [5.74, 6) is 1.61. The molecule has 1 atom stereocenters. The molecular weight excluding hydrogens is 440 g/mol. The van der Waals surface area contributed by atoms with Crippen LogP contribution in [-0.4, -0.2) is 70.3 Å². The van der Waals surface area contributed by atoms with Crippen LogP contribution in [0, 0.1) is 6.92 Å². The summed E-state index contributed by atoms with van der Waals surface area (Å²) in [6, 6.07) is 12.1. The van der Waals surface area contributed by atoms with E-state index in [0.29, 0.717) is 29.4 Å². The van der Waals surface area contributed by atoms with Crippen LogP contribution in [0.25, 0.3) is 0 Å². The number of amides is 1. The Balaban J connectivity index is 2.26. The van der Waals surface area contributed by atoms with E-state index in [-0.39, 0.29) is 11.8 Å². The summed E-state index contributed by atoms with van der Waals surface area (Å²) < 4.78 is 16.3. The van der Waals surface area contributed by atoms with Gasteiger partial charge in [-0.25, -0.2) is 0 Å². The predicted molar refractivity (Wildman–Crippen MR) is 143 cm³/mol. The van der Waals surface area contributed by atoms with Crippen molar-refractivity contribution in [2.45, 2.75) is 52.4 Å². The Bertz CT molecular complexity index is 906. The molecule has 0 aromatic heterocycles. The number of methoxy groups -OCH3 is 3. The molecule has 35 heavy (non-hydrogen) atoms. The standard InChI is InChI=1S/C29H44N2O4/c1-8-10-16-31(15-9-2)17-14-24(23-13-11-12-22(3)18-23)21-30(4)29(32)25-19-26(33-5)28(35-7)27(20-25)34-6/h11-13,18-20,24H,8-10,14-17,21H2,1-7H3. The normalized spacial score (nSPS) is 11.9. The van der Waals surface area contributed by atoms with E-state index < -0.39 is 0 Å². The second-order valence-corrected chi connectivity index (χ2v) is 9.19. The number of rotatable bonds is 15. The van der Waals surface area contributed by atoms with Crippen molar-refractivity contribution in [1.29, 1.82) is 0 Å². The molecule has 2 aromatic carbocycles. The molecular formula is C29H44N2O4. The smallest absolute Gasteiger partial charge is 0.253 e. The number of aryl methyl sites for hydroxylation is 1. The minimum absolute atomic E-state index is 0.0710. The average molecular weight is 485 g/mol. The van der Waals surface area contributed by atoms with Crippen LogP contribution in [0.3, 0.4) is 0 Å². The molecule has 0 spiro atoms. The van der Waals surface area contributed by atoms with E-state index in [2.05, 4.69) is 49.9 Å². The highest BCUT2D eigenvalue weighted by Gasteiger charge is 2.23. The molecule has 0 bridgehead atoms. The molecule has 1 amide bonds. The minimum atomic E-state index is -0.0710. The molecule has 194 valence electrons. The molecule has 2 aromatic rings. The third kappa shape index (κ3) is 8.17. The van der Waals surface area contributed by atoms with Crippen LogP contribution in [0.15, 0.2) is 36.4 Å². The van der Waals surface area contributed by atoms with Gasteiger partial charge in [0.2, 0.25) is 5.75 Å². The minimum Gasteiger partial charge on any atom is -0.493 e. The summed E-state index contributed by atoms with van der Waals surface area (Å²) in [7, 11) is 6.55. The Kier molecular flexibility index (Phi) is 11.9. The summed E-state index contributed by atoms with van der Waals surface area (Å²) in [5, 5.41) is 0. The molecule has 6 heteroatoms. The van der Waals surface area contributed by atoms with Crippen molar-refractivity contribution in [3.05, 3.63) is 53.1 Å².